The predicted molar refractivity (Wildman–Crippen MR) is 225 cm³/mol. The molecule has 0 saturated heterocycles. The number of hydrogen-bond acceptors (Lipinski definition) is 4. The van der Waals surface area contributed by atoms with Crippen LogP contribution >= 0.6 is 22.7 Å². The number of furan rings is 1. The minimum absolute atomic E-state index is 0.884. The summed E-state index contributed by atoms with van der Waals surface area (Å²) in [5, 5.41) is 7.34. The molecule has 0 fully saturated rings. The molecule has 0 unspecified atom stereocenters. The van der Waals surface area contributed by atoms with E-state index in [0.717, 1.165) is 50.1 Å². The van der Waals surface area contributed by atoms with Crippen LogP contribution in [0, 0.1) is 0 Å². The smallest absolute Gasteiger partial charge is 0.145 e. The van der Waals surface area contributed by atoms with Crippen LogP contribution in [0.2, 0.25) is 0 Å². The number of rotatable bonds is 5. The number of anilines is 3. The normalized spacial score (nSPS) is 11.8. The predicted octanol–water partition coefficient (Wildman–Crippen LogP) is 15.1. The molecule has 4 heteroatoms. The summed E-state index contributed by atoms with van der Waals surface area (Å²) in [5.74, 6) is 0. The lowest BCUT2D eigenvalue weighted by atomic mass is 9.99. The molecular weight excluding hydrogens is 671 g/mol. The second-order valence-electron chi connectivity index (χ2n) is 13.2. The molecule has 0 saturated carbocycles. The second-order valence-corrected chi connectivity index (χ2v) is 15.4. The fourth-order valence-corrected chi connectivity index (χ4v) is 10.3. The molecule has 3 heterocycles. The van der Waals surface area contributed by atoms with E-state index in [1.807, 2.05) is 22.7 Å². The second kappa shape index (κ2) is 11.7. The van der Waals surface area contributed by atoms with Crippen molar-refractivity contribution < 1.29 is 4.42 Å². The molecule has 0 aliphatic rings. The summed E-state index contributed by atoms with van der Waals surface area (Å²) in [4.78, 5) is 2.44. The van der Waals surface area contributed by atoms with E-state index in [2.05, 4.69) is 181 Å². The van der Waals surface area contributed by atoms with Gasteiger partial charge < -0.3 is 9.32 Å². The first-order valence-corrected chi connectivity index (χ1v) is 19.1. The largest absolute Gasteiger partial charge is 0.455 e. The first kappa shape index (κ1) is 29.5. The van der Waals surface area contributed by atoms with E-state index >= 15 is 0 Å². The van der Waals surface area contributed by atoms with Crippen LogP contribution in [0.15, 0.2) is 180 Å². The Morgan fingerprint density at radius 3 is 1.90 bits per heavy atom. The van der Waals surface area contributed by atoms with Gasteiger partial charge in [-0.3, -0.25) is 0 Å². The van der Waals surface area contributed by atoms with Gasteiger partial charge in [0.1, 0.15) is 11.2 Å². The van der Waals surface area contributed by atoms with Gasteiger partial charge in [-0.2, -0.15) is 0 Å². The summed E-state index contributed by atoms with van der Waals surface area (Å²) in [6.45, 7) is 0. The highest BCUT2D eigenvalue weighted by atomic mass is 32.1. The van der Waals surface area contributed by atoms with Gasteiger partial charge in [0.2, 0.25) is 0 Å². The summed E-state index contributed by atoms with van der Waals surface area (Å²) >= 11 is 3.73. The van der Waals surface area contributed by atoms with E-state index in [9.17, 15) is 0 Å². The Bertz CT molecular complexity index is 3130. The van der Waals surface area contributed by atoms with Gasteiger partial charge in [-0.15, -0.1) is 22.7 Å². The average Bonchev–Trinajstić information content (AvgIpc) is 3.90. The maximum absolute atomic E-state index is 6.76. The molecule has 0 N–H and O–H groups in total. The molecule has 0 bridgehead atoms. The van der Waals surface area contributed by atoms with E-state index in [0.29, 0.717) is 0 Å². The minimum atomic E-state index is 0.884. The molecule has 0 radical (unpaired) electrons. The zero-order chi connectivity index (χ0) is 34.2. The van der Waals surface area contributed by atoms with Crippen molar-refractivity contribution in [3.63, 3.8) is 0 Å². The van der Waals surface area contributed by atoms with Crippen LogP contribution in [-0.4, -0.2) is 0 Å². The quantitative estimate of drug-likeness (QED) is 0.178. The summed E-state index contributed by atoms with van der Waals surface area (Å²) < 4.78 is 11.9. The van der Waals surface area contributed by atoms with E-state index in [4.69, 9.17) is 4.42 Å². The monoisotopic (exact) mass is 699 g/mol. The van der Waals surface area contributed by atoms with E-state index in [-0.39, 0.29) is 0 Å². The molecule has 2 nitrogen and oxygen atoms in total. The van der Waals surface area contributed by atoms with Gasteiger partial charge in [0.05, 0.1) is 11.1 Å². The third-order valence-corrected chi connectivity index (χ3v) is 12.6. The molecule has 244 valence electrons. The Morgan fingerprint density at radius 1 is 0.404 bits per heavy atom. The minimum Gasteiger partial charge on any atom is -0.455 e. The number of thiophene rings is 2. The Kier molecular flexibility index (Phi) is 6.63. The number of nitrogens with zero attached hydrogens (tertiary/aromatic N) is 1. The molecule has 11 aromatic rings. The first-order chi connectivity index (χ1) is 25.8. The van der Waals surface area contributed by atoms with Gasteiger partial charge in [-0.25, -0.2) is 0 Å². The van der Waals surface area contributed by atoms with Crippen molar-refractivity contribution in [2.75, 3.05) is 4.90 Å². The maximum Gasteiger partial charge on any atom is 0.145 e. The molecule has 0 aliphatic heterocycles. The van der Waals surface area contributed by atoms with Crippen molar-refractivity contribution in [3.05, 3.63) is 176 Å². The van der Waals surface area contributed by atoms with Gasteiger partial charge >= 0.3 is 0 Å². The zero-order valence-corrected chi connectivity index (χ0v) is 29.5. The van der Waals surface area contributed by atoms with E-state index < -0.39 is 0 Å². The summed E-state index contributed by atoms with van der Waals surface area (Å²) in [6, 6.07) is 63.6. The van der Waals surface area contributed by atoms with Gasteiger partial charge in [-0.05, 0) is 71.3 Å². The number of benzene rings is 8. The Morgan fingerprint density at radius 2 is 1.06 bits per heavy atom. The third-order valence-electron chi connectivity index (χ3n) is 10.3. The zero-order valence-electron chi connectivity index (χ0n) is 27.9. The van der Waals surface area contributed by atoms with Crippen LogP contribution < -0.4 is 4.90 Å². The third kappa shape index (κ3) is 4.55. The molecule has 0 aliphatic carbocycles. The van der Waals surface area contributed by atoms with Crippen LogP contribution in [0.4, 0.5) is 17.1 Å². The number of fused-ring (bicyclic) bond motifs is 9. The van der Waals surface area contributed by atoms with Crippen molar-refractivity contribution in [1.29, 1.82) is 0 Å². The van der Waals surface area contributed by atoms with Crippen LogP contribution in [0.3, 0.4) is 0 Å². The number of para-hydroxylation sites is 1. The Balaban J connectivity index is 1.20. The Labute approximate surface area is 308 Å². The molecule has 0 spiro atoms. The highest BCUT2D eigenvalue weighted by Crippen LogP contribution is 2.49. The summed E-state index contributed by atoms with van der Waals surface area (Å²) in [5.41, 5.74) is 9.83. The standard InChI is InChI=1S/C48H29NOS2/c1-3-12-30(13-4-1)34-25-26-41(46-39-17-7-9-20-42(39)50-47(34)46)49(33-22-24-37-36-16-8-10-21-43(36)51-45(37)29-33)32-23-27-44-40(28-32)38-19-11-18-35(48(38)52-44)31-14-5-2-6-15-31/h1-29H. The van der Waals surface area contributed by atoms with E-state index in [1.165, 1.54) is 51.5 Å². The van der Waals surface area contributed by atoms with Crippen LogP contribution in [0.1, 0.15) is 0 Å². The molecule has 52 heavy (non-hydrogen) atoms. The summed E-state index contributed by atoms with van der Waals surface area (Å²) in [6.07, 6.45) is 0. The molecule has 8 aromatic carbocycles. The van der Waals surface area contributed by atoms with Crippen LogP contribution in [0.5, 0.6) is 0 Å². The lowest BCUT2D eigenvalue weighted by molar-refractivity contribution is 0.670. The fraction of sp³-hybridized carbons (Fsp3) is 0. The van der Waals surface area contributed by atoms with Crippen molar-refractivity contribution in [2.45, 2.75) is 0 Å². The molecule has 0 atom stereocenters. The fourth-order valence-electron chi connectivity index (χ4n) is 7.89. The SMILES string of the molecule is c1ccc(-c2ccc(N(c3ccc4c(c3)sc3ccccc34)c3ccc4sc5c(-c6ccccc6)cccc5c4c3)c3c2oc2ccccc23)cc1. The average molecular weight is 700 g/mol. The molecule has 0 amide bonds. The molecule has 3 aromatic heterocycles. The Hall–Kier alpha value is -6.20. The van der Waals surface area contributed by atoms with Crippen molar-refractivity contribution >= 4 is 102 Å². The van der Waals surface area contributed by atoms with Gasteiger partial charge in [0, 0.05) is 62.7 Å². The lowest BCUT2D eigenvalue weighted by Crippen LogP contribution is -2.10. The van der Waals surface area contributed by atoms with Gasteiger partial charge in [-0.1, -0.05) is 121 Å². The highest BCUT2D eigenvalue weighted by molar-refractivity contribution is 7.26. The molecular formula is C48H29NOS2. The van der Waals surface area contributed by atoms with Crippen LogP contribution in [-0.2, 0) is 0 Å². The van der Waals surface area contributed by atoms with Crippen molar-refractivity contribution in [2.24, 2.45) is 0 Å². The van der Waals surface area contributed by atoms with Crippen molar-refractivity contribution in [1.82, 2.24) is 0 Å². The van der Waals surface area contributed by atoms with E-state index in [1.54, 1.807) is 0 Å². The highest BCUT2D eigenvalue weighted by Gasteiger charge is 2.23. The van der Waals surface area contributed by atoms with Gasteiger partial charge in [0.15, 0.2) is 0 Å². The van der Waals surface area contributed by atoms with Crippen molar-refractivity contribution in [3.8, 4) is 22.3 Å². The lowest BCUT2D eigenvalue weighted by Gasteiger charge is -2.27. The first-order valence-electron chi connectivity index (χ1n) is 17.5. The molecule has 11 rings (SSSR count). The summed E-state index contributed by atoms with van der Waals surface area (Å²) in [7, 11) is 0. The maximum atomic E-state index is 6.76. The van der Waals surface area contributed by atoms with Gasteiger partial charge in [0.25, 0.3) is 0 Å². The van der Waals surface area contributed by atoms with Crippen LogP contribution in [0.25, 0.3) is 84.5 Å². The number of hydrogen-bond donors (Lipinski definition) is 0. The topological polar surface area (TPSA) is 16.4 Å².